The van der Waals surface area contributed by atoms with Crippen molar-refractivity contribution in [2.45, 2.75) is 6.18 Å². The summed E-state index contributed by atoms with van der Waals surface area (Å²) in [6.07, 6.45) is 1.84. The Balaban J connectivity index is 2.10. The zero-order valence-electron chi connectivity index (χ0n) is 10.8. The fraction of sp³-hybridized carbons (Fsp3) is 0.0625. The Hall–Kier alpha value is -2.01. The first kappa shape index (κ1) is 13.9. The number of hydrogen-bond acceptors (Lipinski definition) is 2. The largest absolute Gasteiger partial charge is 0.422 e. The Bertz CT molecular complexity index is 718. The normalized spacial score (nSPS) is 16.5. The molecule has 0 saturated heterocycles. The maximum Gasteiger partial charge on any atom is 0.422 e. The number of alkyl halides is 3. The van der Waals surface area contributed by atoms with E-state index in [1.807, 2.05) is 18.2 Å². The van der Waals surface area contributed by atoms with E-state index in [0.29, 0.717) is 10.5 Å². The standard InChI is InChI=1S/C16H10F3NS/c17-16(18,19)15-9-12-5-1-2-6-13(12)14(21-15)8-11-4-3-7-20-10-11/h1-10H/b14-8-. The zero-order valence-corrected chi connectivity index (χ0v) is 11.6. The van der Waals surface area contributed by atoms with Gasteiger partial charge in [-0.1, -0.05) is 42.1 Å². The summed E-state index contributed by atoms with van der Waals surface area (Å²) < 4.78 is 39.1. The molecule has 106 valence electrons. The first-order chi connectivity index (χ1) is 10.0. The Kier molecular flexibility index (Phi) is 3.59. The summed E-state index contributed by atoms with van der Waals surface area (Å²) in [7, 11) is 0. The van der Waals surface area contributed by atoms with Crippen molar-refractivity contribution >= 4 is 28.8 Å². The number of rotatable bonds is 1. The molecular weight excluding hydrogens is 295 g/mol. The lowest BCUT2D eigenvalue weighted by molar-refractivity contribution is -0.0827. The van der Waals surface area contributed by atoms with Gasteiger partial charge in [0.2, 0.25) is 0 Å². The van der Waals surface area contributed by atoms with Gasteiger partial charge in [0.15, 0.2) is 0 Å². The third kappa shape index (κ3) is 3.03. The number of pyridine rings is 1. The van der Waals surface area contributed by atoms with Crippen LogP contribution in [0.3, 0.4) is 0 Å². The van der Waals surface area contributed by atoms with Crippen LogP contribution >= 0.6 is 11.8 Å². The van der Waals surface area contributed by atoms with Crippen LogP contribution in [0, 0.1) is 0 Å². The van der Waals surface area contributed by atoms with E-state index in [2.05, 4.69) is 4.98 Å². The molecule has 0 amide bonds. The Labute approximate surface area is 124 Å². The molecule has 0 bridgehead atoms. The van der Waals surface area contributed by atoms with Gasteiger partial charge in [0.25, 0.3) is 0 Å². The van der Waals surface area contributed by atoms with Crippen molar-refractivity contribution in [1.82, 2.24) is 4.98 Å². The average Bonchev–Trinajstić information content (AvgIpc) is 2.47. The summed E-state index contributed by atoms with van der Waals surface area (Å²) in [5.41, 5.74) is 2.16. The second-order valence-corrected chi connectivity index (χ2v) is 5.57. The van der Waals surface area contributed by atoms with Gasteiger partial charge >= 0.3 is 6.18 Å². The van der Waals surface area contributed by atoms with Crippen molar-refractivity contribution in [2.24, 2.45) is 0 Å². The van der Waals surface area contributed by atoms with E-state index in [1.165, 1.54) is 6.08 Å². The van der Waals surface area contributed by atoms with Gasteiger partial charge in [-0.25, -0.2) is 0 Å². The van der Waals surface area contributed by atoms with E-state index in [0.717, 1.165) is 22.9 Å². The summed E-state index contributed by atoms with van der Waals surface area (Å²) >= 11 is 0.745. The summed E-state index contributed by atoms with van der Waals surface area (Å²) in [6, 6.07) is 10.6. The summed E-state index contributed by atoms with van der Waals surface area (Å²) in [5, 5.41) is 0. The number of halogens is 3. The van der Waals surface area contributed by atoms with Crippen molar-refractivity contribution in [2.75, 3.05) is 0 Å². The van der Waals surface area contributed by atoms with Crippen LogP contribution in [-0.4, -0.2) is 11.2 Å². The number of allylic oxidation sites excluding steroid dienone is 1. The molecule has 0 saturated carbocycles. The van der Waals surface area contributed by atoms with E-state index in [9.17, 15) is 13.2 Å². The SMILES string of the molecule is FC(F)(F)C1=Cc2ccccc2/C(=C/c2cccnc2)S1. The predicted octanol–water partition coefficient (Wildman–Crippen LogP) is 5.23. The zero-order chi connectivity index (χ0) is 14.9. The summed E-state index contributed by atoms with van der Waals surface area (Å²) in [4.78, 5) is 3.96. The molecule has 1 nitrogen and oxygen atoms in total. The fourth-order valence-corrected chi connectivity index (χ4v) is 3.08. The monoisotopic (exact) mass is 305 g/mol. The van der Waals surface area contributed by atoms with E-state index < -0.39 is 11.1 Å². The van der Waals surface area contributed by atoms with Crippen LogP contribution in [0.2, 0.25) is 0 Å². The molecule has 1 aromatic carbocycles. The molecule has 1 aliphatic rings. The van der Waals surface area contributed by atoms with Crippen molar-refractivity contribution in [3.8, 4) is 0 Å². The lowest BCUT2D eigenvalue weighted by atomic mass is 10.0. The smallest absolute Gasteiger partial charge is 0.264 e. The predicted molar refractivity (Wildman–Crippen MR) is 80.2 cm³/mol. The second-order valence-electron chi connectivity index (χ2n) is 4.49. The molecule has 0 N–H and O–H groups in total. The van der Waals surface area contributed by atoms with Crippen molar-refractivity contribution in [3.63, 3.8) is 0 Å². The Morgan fingerprint density at radius 2 is 1.86 bits per heavy atom. The van der Waals surface area contributed by atoms with E-state index in [-0.39, 0.29) is 0 Å². The van der Waals surface area contributed by atoms with Gasteiger partial charge in [-0.15, -0.1) is 0 Å². The van der Waals surface area contributed by atoms with Crippen LogP contribution in [0.5, 0.6) is 0 Å². The highest BCUT2D eigenvalue weighted by molar-refractivity contribution is 8.12. The van der Waals surface area contributed by atoms with E-state index in [4.69, 9.17) is 0 Å². The summed E-state index contributed by atoms with van der Waals surface area (Å²) in [6.45, 7) is 0. The average molecular weight is 305 g/mol. The number of aromatic nitrogens is 1. The van der Waals surface area contributed by atoms with E-state index >= 15 is 0 Å². The van der Waals surface area contributed by atoms with Crippen molar-refractivity contribution in [1.29, 1.82) is 0 Å². The van der Waals surface area contributed by atoms with Gasteiger partial charge in [-0.2, -0.15) is 13.2 Å². The molecule has 0 spiro atoms. The topological polar surface area (TPSA) is 12.9 Å². The van der Waals surface area contributed by atoms with Crippen LogP contribution in [0.25, 0.3) is 17.1 Å². The second kappa shape index (κ2) is 5.41. The molecule has 0 radical (unpaired) electrons. The lowest BCUT2D eigenvalue weighted by Gasteiger charge is -2.20. The Morgan fingerprint density at radius 1 is 1.05 bits per heavy atom. The van der Waals surface area contributed by atoms with Crippen molar-refractivity contribution < 1.29 is 13.2 Å². The molecule has 2 aromatic rings. The van der Waals surface area contributed by atoms with Crippen LogP contribution in [0.1, 0.15) is 16.7 Å². The molecule has 0 aliphatic carbocycles. The lowest BCUT2D eigenvalue weighted by Crippen LogP contribution is -2.11. The van der Waals surface area contributed by atoms with Gasteiger partial charge in [0.05, 0.1) is 4.91 Å². The van der Waals surface area contributed by atoms with Gasteiger partial charge < -0.3 is 0 Å². The molecule has 21 heavy (non-hydrogen) atoms. The molecule has 3 rings (SSSR count). The Morgan fingerprint density at radius 3 is 2.57 bits per heavy atom. The first-order valence-corrected chi connectivity index (χ1v) is 7.03. The quantitative estimate of drug-likeness (QED) is 0.715. The van der Waals surface area contributed by atoms with Crippen molar-refractivity contribution in [3.05, 3.63) is 70.4 Å². The highest BCUT2D eigenvalue weighted by atomic mass is 32.2. The van der Waals surface area contributed by atoms with Gasteiger partial charge in [-0.05, 0) is 34.9 Å². The molecule has 0 atom stereocenters. The van der Waals surface area contributed by atoms with Gasteiger partial charge in [0, 0.05) is 17.3 Å². The highest BCUT2D eigenvalue weighted by Crippen LogP contribution is 2.48. The maximum absolute atomic E-state index is 13.0. The van der Waals surface area contributed by atoms with Gasteiger partial charge in [-0.3, -0.25) is 4.98 Å². The number of thioether (sulfide) groups is 1. The number of fused-ring (bicyclic) bond motifs is 1. The highest BCUT2D eigenvalue weighted by Gasteiger charge is 2.37. The fourth-order valence-electron chi connectivity index (χ4n) is 2.05. The maximum atomic E-state index is 13.0. The number of nitrogens with zero attached hydrogens (tertiary/aromatic N) is 1. The molecule has 1 aromatic heterocycles. The molecular formula is C16H10F3NS. The molecule has 5 heteroatoms. The minimum atomic E-state index is -4.34. The number of benzene rings is 1. The molecule has 1 aliphatic heterocycles. The van der Waals surface area contributed by atoms with Crippen LogP contribution in [0.4, 0.5) is 13.2 Å². The molecule has 0 unspecified atom stereocenters. The third-order valence-electron chi connectivity index (χ3n) is 2.99. The van der Waals surface area contributed by atoms with Crippen LogP contribution < -0.4 is 0 Å². The third-order valence-corrected chi connectivity index (χ3v) is 4.12. The van der Waals surface area contributed by atoms with E-state index in [1.54, 1.807) is 36.7 Å². The summed E-state index contributed by atoms with van der Waals surface area (Å²) in [5.74, 6) is 0. The molecule has 2 heterocycles. The number of hydrogen-bond donors (Lipinski definition) is 0. The molecule has 0 fully saturated rings. The first-order valence-electron chi connectivity index (χ1n) is 6.22. The minimum absolute atomic E-state index is 0.577. The van der Waals surface area contributed by atoms with Crippen LogP contribution in [0.15, 0.2) is 53.7 Å². The minimum Gasteiger partial charge on any atom is -0.264 e. The van der Waals surface area contributed by atoms with Crippen LogP contribution in [-0.2, 0) is 0 Å². The van der Waals surface area contributed by atoms with Gasteiger partial charge in [0.1, 0.15) is 0 Å².